The molecule has 1 saturated heterocycles. The molecule has 2 rings (SSSR count). The first-order valence-electron chi connectivity index (χ1n) is 7.15. The largest absolute Gasteiger partial charge is 0.381 e. The van der Waals surface area contributed by atoms with Gasteiger partial charge >= 0.3 is 0 Å². The summed E-state index contributed by atoms with van der Waals surface area (Å²) in [6, 6.07) is 1.89. The summed E-state index contributed by atoms with van der Waals surface area (Å²) in [5, 5.41) is 3.21. The van der Waals surface area contributed by atoms with Gasteiger partial charge in [-0.25, -0.2) is 4.98 Å². The molecule has 0 amide bonds. The first-order chi connectivity index (χ1) is 9.75. The second kappa shape index (κ2) is 8.01. The van der Waals surface area contributed by atoms with E-state index >= 15 is 0 Å². The molecule has 0 radical (unpaired) electrons. The highest BCUT2D eigenvalue weighted by atomic mass is 16.5. The van der Waals surface area contributed by atoms with Crippen LogP contribution in [0.1, 0.15) is 12.8 Å². The number of anilines is 2. The summed E-state index contributed by atoms with van der Waals surface area (Å²) in [5.41, 5.74) is 0. The summed E-state index contributed by atoms with van der Waals surface area (Å²) in [7, 11) is 3.93. The minimum Gasteiger partial charge on any atom is -0.381 e. The quantitative estimate of drug-likeness (QED) is 0.726. The van der Waals surface area contributed by atoms with Gasteiger partial charge in [0.05, 0.1) is 13.2 Å². The monoisotopic (exact) mass is 280 g/mol. The molecule has 0 spiro atoms. The molecular formula is C14H24N4O2. The molecule has 0 bridgehead atoms. The zero-order valence-corrected chi connectivity index (χ0v) is 12.3. The Kier molecular flexibility index (Phi) is 6.01. The van der Waals surface area contributed by atoms with Gasteiger partial charge in [0, 0.05) is 46.0 Å². The van der Waals surface area contributed by atoms with Gasteiger partial charge in [0.15, 0.2) is 0 Å². The lowest BCUT2D eigenvalue weighted by Gasteiger charge is -2.12. The average molecular weight is 280 g/mol. The predicted octanol–water partition coefficient (Wildman–Crippen LogP) is 1.40. The van der Waals surface area contributed by atoms with Crippen LogP contribution in [0.15, 0.2) is 12.3 Å². The number of hydrogen-bond acceptors (Lipinski definition) is 6. The van der Waals surface area contributed by atoms with Gasteiger partial charge in [0.25, 0.3) is 0 Å². The summed E-state index contributed by atoms with van der Waals surface area (Å²) in [6.45, 7) is 4.13. The average Bonchev–Trinajstić information content (AvgIpc) is 2.96. The van der Waals surface area contributed by atoms with Crippen LogP contribution in [0.3, 0.4) is 0 Å². The topological polar surface area (TPSA) is 59.5 Å². The van der Waals surface area contributed by atoms with Gasteiger partial charge in [-0.2, -0.15) is 4.98 Å². The van der Waals surface area contributed by atoms with Crippen molar-refractivity contribution in [1.82, 2.24) is 9.97 Å². The lowest BCUT2D eigenvalue weighted by molar-refractivity contribution is 0.0897. The Hall–Kier alpha value is -1.40. The molecule has 1 aromatic heterocycles. The number of aromatic nitrogens is 2. The third-order valence-corrected chi connectivity index (χ3v) is 3.23. The Labute approximate surface area is 120 Å². The highest BCUT2D eigenvalue weighted by Crippen LogP contribution is 2.12. The fourth-order valence-corrected chi connectivity index (χ4v) is 2.02. The molecular weight excluding hydrogens is 256 g/mol. The van der Waals surface area contributed by atoms with E-state index in [-0.39, 0.29) is 0 Å². The number of rotatable bonds is 8. The molecule has 1 fully saturated rings. The van der Waals surface area contributed by atoms with E-state index in [1.807, 2.05) is 25.1 Å². The van der Waals surface area contributed by atoms with Gasteiger partial charge < -0.3 is 19.7 Å². The van der Waals surface area contributed by atoms with Crippen LogP contribution >= 0.6 is 0 Å². The van der Waals surface area contributed by atoms with Gasteiger partial charge in [-0.1, -0.05) is 0 Å². The molecule has 6 heteroatoms. The lowest BCUT2D eigenvalue weighted by atomic mass is 10.1. The van der Waals surface area contributed by atoms with E-state index < -0.39 is 0 Å². The van der Waals surface area contributed by atoms with Crippen molar-refractivity contribution in [1.29, 1.82) is 0 Å². The maximum atomic E-state index is 5.65. The maximum Gasteiger partial charge on any atom is 0.224 e. The molecule has 0 unspecified atom stereocenters. The molecule has 0 aromatic carbocycles. The molecule has 0 aliphatic carbocycles. The van der Waals surface area contributed by atoms with E-state index in [0.29, 0.717) is 11.9 Å². The fourth-order valence-electron chi connectivity index (χ4n) is 2.02. The van der Waals surface area contributed by atoms with E-state index in [1.165, 1.54) is 0 Å². The summed E-state index contributed by atoms with van der Waals surface area (Å²) < 4.78 is 11.0. The third-order valence-electron chi connectivity index (χ3n) is 3.23. The molecule has 1 atom stereocenters. The Morgan fingerprint density at radius 3 is 3.15 bits per heavy atom. The summed E-state index contributed by atoms with van der Waals surface area (Å²) in [4.78, 5) is 10.6. The van der Waals surface area contributed by atoms with Crippen molar-refractivity contribution in [2.24, 2.45) is 5.92 Å². The Balaban J connectivity index is 1.57. The first-order valence-corrected chi connectivity index (χ1v) is 7.15. The molecule has 112 valence electrons. The van der Waals surface area contributed by atoms with Crippen LogP contribution in [0.4, 0.5) is 11.8 Å². The van der Waals surface area contributed by atoms with Crippen molar-refractivity contribution in [3.05, 3.63) is 12.3 Å². The van der Waals surface area contributed by atoms with E-state index in [2.05, 4.69) is 15.3 Å². The van der Waals surface area contributed by atoms with Crippen LogP contribution in [0, 0.1) is 5.92 Å². The minimum absolute atomic E-state index is 0.586. The number of hydrogen-bond donors (Lipinski definition) is 1. The number of ether oxygens (including phenoxy) is 2. The molecule has 1 aromatic rings. The summed E-state index contributed by atoms with van der Waals surface area (Å²) in [5.74, 6) is 2.16. The van der Waals surface area contributed by atoms with Crippen LogP contribution in [-0.4, -0.2) is 57.0 Å². The lowest BCUT2D eigenvalue weighted by Crippen LogP contribution is -2.14. The number of nitrogens with one attached hydrogen (secondary N) is 1. The summed E-state index contributed by atoms with van der Waals surface area (Å²) in [6.07, 6.45) is 3.84. The van der Waals surface area contributed by atoms with Gasteiger partial charge in [-0.15, -0.1) is 0 Å². The van der Waals surface area contributed by atoms with Crippen molar-refractivity contribution in [2.75, 3.05) is 57.3 Å². The Morgan fingerprint density at radius 2 is 2.40 bits per heavy atom. The standard InChI is InChI=1S/C14H24N4O2/c1-18(2)13-4-7-16-14(17-13)15-6-3-8-19-10-12-5-9-20-11-12/h4,7,12H,3,5-6,8-11H2,1-2H3,(H,15,16,17)/t12-/m1/s1. The molecule has 6 nitrogen and oxygen atoms in total. The van der Waals surface area contributed by atoms with Crippen LogP contribution in [-0.2, 0) is 9.47 Å². The highest BCUT2D eigenvalue weighted by Gasteiger charge is 2.15. The molecule has 20 heavy (non-hydrogen) atoms. The maximum absolute atomic E-state index is 5.65. The molecule has 1 aliphatic rings. The Bertz CT molecular complexity index is 395. The SMILES string of the molecule is CN(C)c1ccnc(NCCCOC[C@H]2CCOC2)n1. The van der Waals surface area contributed by atoms with Gasteiger partial charge in [0.1, 0.15) is 5.82 Å². The highest BCUT2D eigenvalue weighted by molar-refractivity contribution is 5.40. The van der Waals surface area contributed by atoms with Gasteiger partial charge in [0.2, 0.25) is 5.95 Å². The predicted molar refractivity (Wildman–Crippen MR) is 79.2 cm³/mol. The van der Waals surface area contributed by atoms with Gasteiger partial charge in [-0.05, 0) is 18.9 Å². The third kappa shape index (κ3) is 4.94. The van der Waals surface area contributed by atoms with Crippen LogP contribution in [0.5, 0.6) is 0 Å². The van der Waals surface area contributed by atoms with E-state index in [1.54, 1.807) is 6.20 Å². The zero-order chi connectivity index (χ0) is 14.2. The fraction of sp³-hybridized carbons (Fsp3) is 0.714. The molecule has 2 heterocycles. The first kappa shape index (κ1) is 15.0. The zero-order valence-electron chi connectivity index (χ0n) is 12.3. The van der Waals surface area contributed by atoms with E-state index in [4.69, 9.17) is 9.47 Å². The van der Waals surface area contributed by atoms with Crippen LogP contribution in [0.25, 0.3) is 0 Å². The normalized spacial score (nSPS) is 18.2. The minimum atomic E-state index is 0.586. The number of nitrogens with zero attached hydrogens (tertiary/aromatic N) is 3. The van der Waals surface area contributed by atoms with Crippen LogP contribution < -0.4 is 10.2 Å². The van der Waals surface area contributed by atoms with Crippen molar-refractivity contribution >= 4 is 11.8 Å². The van der Waals surface area contributed by atoms with E-state index in [9.17, 15) is 0 Å². The molecule has 0 saturated carbocycles. The van der Waals surface area contributed by atoms with Crippen molar-refractivity contribution < 1.29 is 9.47 Å². The summed E-state index contributed by atoms with van der Waals surface area (Å²) >= 11 is 0. The van der Waals surface area contributed by atoms with Gasteiger partial charge in [-0.3, -0.25) is 0 Å². The Morgan fingerprint density at radius 1 is 1.50 bits per heavy atom. The van der Waals surface area contributed by atoms with E-state index in [0.717, 1.165) is 51.6 Å². The van der Waals surface area contributed by atoms with Crippen LogP contribution in [0.2, 0.25) is 0 Å². The van der Waals surface area contributed by atoms with Crippen molar-refractivity contribution in [2.45, 2.75) is 12.8 Å². The second-order valence-corrected chi connectivity index (χ2v) is 5.22. The molecule has 1 N–H and O–H groups in total. The van der Waals surface area contributed by atoms with Crippen molar-refractivity contribution in [3.8, 4) is 0 Å². The van der Waals surface area contributed by atoms with Crippen molar-refractivity contribution in [3.63, 3.8) is 0 Å². The second-order valence-electron chi connectivity index (χ2n) is 5.22. The molecule has 1 aliphatic heterocycles. The smallest absolute Gasteiger partial charge is 0.224 e.